The zero-order valence-electron chi connectivity index (χ0n) is 9.99. The molecule has 0 amide bonds. The van der Waals surface area contributed by atoms with Gasteiger partial charge < -0.3 is 9.84 Å². The molecule has 1 aliphatic carbocycles. The quantitative estimate of drug-likeness (QED) is 0.895. The van der Waals surface area contributed by atoms with E-state index < -0.39 is 6.10 Å². The molecule has 2 aromatic rings. The molecule has 1 aromatic carbocycles. The number of aliphatic hydroxyl groups excluding tert-OH is 1. The number of pyridine rings is 1. The van der Waals surface area contributed by atoms with E-state index in [0.29, 0.717) is 11.8 Å². The van der Waals surface area contributed by atoms with Crippen molar-refractivity contribution in [2.75, 3.05) is 0 Å². The van der Waals surface area contributed by atoms with Crippen LogP contribution in [0.2, 0.25) is 0 Å². The molecule has 1 aromatic heterocycles. The van der Waals surface area contributed by atoms with Gasteiger partial charge in [0.15, 0.2) is 0 Å². The van der Waals surface area contributed by atoms with Gasteiger partial charge in [0.05, 0.1) is 11.8 Å². The largest absolute Gasteiger partial charge is 0.490 e. The van der Waals surface area contributed by atoms with Crippen LogP contribution in [0.1, 0.15) is 30.2 Å². The Morgan fingerprint density at radius 3 is 2.50 bits per heavy atom. The molecule has 92 valence electrons. The highest BCUT2D eigenvalue weighted by Gasteiger charge is 2.23. The van der Waals surface area contributed by atoms with Crippen LogP contribution < -0.4 is 4.74 Å². The lowest BCUT2D eigenvalue weighted by Crippen LogP contribution is -2.02. The minimum Gasteiger partial charge on any atom is -0.490 e. The number of nitrogens with zero attached hydrogens (tertiary/aromatic N) is 1. The van der Waals surface area contributed by atoms with Crippen molar-refractivity contribution >= 4 is 0 Å². The van der Waals surface area contributed by atoms with Crippen LogP contribution in [0.15, 0.2) is 48.7 Å². The third-order valence-electron chi connectivity index (χ3n) is 2.99. The fourth-order valence-electron chi connectivity index (χ4n) is 1.82. The molecule has 1 saturated carbocycles. The smallest absolute Gasteiger partial charge is 0.121 e. The maximum Gasteiger partial charge on any atom is 0.121 e. The maximum atomic E-state index is 10.2. The second-order valence-corrected chi connectivity index (χ2v) is 4.54. The van der Waals surface area contributed by atoms with Gasteiger partial charge >= 0.3 is 0 Å². The minimum absolute atomic E-state index is 0.400. The first kappa shape index (κ1) is 11.2. The average molecular weight is 241 g/mol. The van der Waals surface area contributed by atoms with Gasteiger partial charge in [-0.1, -0.05) is 18.2 Å². The average Bonchev–Trinajstić information content (AvgIpc) is 3.24. The fraction of sp³-hybridized carbons (Fsp3) is 0.267. The Balaban J connectivity index is 1.75. The van der Waals surface area contributed by atoms with Crippen molar-refractivity contribution in [3.05, 3.63) is 59.9 Å². The summed E-state index contributed by atoms with van der Waals surface area (Å²) in [5.41, 5.74) is 1.49. The van der Waals surface area contributed by atoms with Crippen LogP contribution in [0.4, 0.5) is 0 Å². The number of hydrogen-bond acceptors (Lipinski definition) is 3. The summed E-state index contributed by atoms with van der Waals surface area (Å²) in [5, 5.41) is 10.2. The molecule has 3 rings (SSSR count). The second kappa shape index (κ2) is 4.78. The van der Waals surface area contributed by atoms with Crippen molar-refractivity contribution in [1.82, 2.24) is 4.98 Å². The molecule has 3 heteroatoms. The second-order valence-electron chi connectivity index (χ2n) is 4.54. The first-order valence-corrected chi connectivity index (χ1v) is 6.18. The summed E-state index contributed by atoms with van der Waals surface area (Å²) in [6.07, 6.45) is 3.71. The van der Waals surface area contributed by atoms with Gasteiger partial charge in [-0.3, -0.25) is 4.98 Å². The van der Waals surface area contributed by atoms with Crippen LogP contribution in [-0.4, -0.2) is 16.2 Å². The van der Waals surface area contributed by atoms with Gasteiger partial charge in [0.25, 0.3) is 0 Å². The van der Waals surface area contributed by atoms with Gasteiger partial charge in [0.1, 0.15) is 11.9 Å². The van der Waals surface area contributed by atoms with Crippen LogP contribution in [-0.2, 0) is 0 Å². The Morgan fingerprint density at radius 1 is 1.11 bits per heavy atom. The number of aromatic nitrogens is 1. The van der Waals surface area contributed by atoms with Gasteiger partial charge in [0, 0.05) is 6.20 Å². The monoisotopic (exact) mass is 241 g/mol. The number of ether oxygens (including phenoxy) is 1. The molecule has 0 spiro atoms. The Hall–Kier alpha value is -1.87. The van der Waals surface area contributed by atoms with E-state index in [0.717, 1.165) is 24.2 Å². The summed E-state index contributed by atoms with van der Waals surface area (Å²) in [6, 6.07) is 13.1. The van der Waals surface area contributed by atoms with Crippen molar-refractivity contribution in [3.63, 3.8) is 0 Å². The first-order chi connectivity index (χ1) is 8.83. The first-order valence-electron chi connectivity index (χ1n) is 6.18. The minimum atomic E-state index is -0.679. The van der Waals surface area contributed by atoms with Gasteiger partial charge in [-0.25, -0.2) is 0 Å². The molecule has 1 N–H and O–H groups in total. The number of benzene rings is 1. The Morgan fingerprint density at radius 2 is 1.89 bits per heavy atom. The van der Waals surface area contributed by atoms with Gasteiger partial charge in [-0.05, 0) is 42.7 Å². The van der Waals surface area contributed by atoms with E-state index in [4.69, 9.17) is 4.74 Å². The summed E-state index contributed by atoms with van der Waals surface area (Å²) in [4.78, 5) is 4.15. The lowest BCUT2D eigenvalue weighted by Gasteiger charge is -2.11. The molecular formula is C15H15NO2. The molecule has 3 nitrogen and oxygen atoms in total. The summed E-state index contributed by atoms with van der Waals surface area (Å²) < 4.78 is 5.67. The highest BCUT2D eigenvalue weighted by Crippen LogP contribution is 2.28. The van der Waals surface area contributed by atoms with Crippen molar-refractivity contribution in [2.45, 2.75) is 25.0 Å². The van der Waals surface area contributed by atoms with Crippen LogP contribution >= 0.6 is 0 Å². The maximum absolute atomic E-state index is 10.2. The Kier molecular flexibility index (Phi) is 2.99. The molecule has 0 radical (unpaired) electrons. The number of rotatable bonds is 4. The summed E-state index contributed by atoms with van der Waals surface area (Å²) in [6.45, 7) is 0. The molecular weight excluding hydrogens is 226 g/mol. The van der Waals surface area contributed by atoms with Crippen molar-refractivity contribution in [2.24, 2.45) is 0 Å². The summed E-state index contributed by atoms with van der Waals surface area (Å²) in [5.74, 6) is 0.870. The van der Waals surface area contributed by atoms with Gasteiger partial charge in [-0.2, -0.15) is 0 Å². The number of aliphatic hydroxyl groups is 1. The van der Waals surface area contributed by atoms with E-state index in [-0.39, 0.29) is 0 Å². The molecule has 0 saturated heterocycles. The zero-order valence-corrected chi connectivity index (χ0v) is 9.99. The molecule has 1 fully saturated rings. The molecule has 0 aliphatic heterocycles. The topological polar surface area (TPSA) is 42.4 Å². The fourth-order valence-corrected chi connectivity index (χ4v) is 1.82. The highest BCUT2D eigenvalue weighted by molar-refractivity contribution is 5.32. The van der Waals surface area contributed by atoms with Crippen LogP contribution in [0.25, 0.3) is 0 Å². The van der Waals surface area contributed by atoms with Gasteiger partial charge in [-0.15, -0.1) is 0 Å². The molecule has 18 heavy (non-hydrogen) atoms. The molecule has 1 unspecified atom stereocenters. The van der Waals surface area contributed by atoms with Crippen molar-refractivity contribution in [1.29, 1.82) is 0 Å². The normalized spacial score (nSPS) is 16.3. The highest BCUT2D eigenvalue weighted by atomic mass is 16.5. The number of hydrogen-bond donors (Lipinski definition) is 1. The van der Waals surface area contributed by atoms with Crippen LogP contribution in [0.5, 0.6) is 5.75 Å². The molecule has 1 atom stereocenters. The van der Waals surface area contributed by atoms with Gasteiger partial charge in [0.2, 0.25) is 0 Å². The van der Waals surface area contributed by atoms with E-state index in [1.165, 1.54) is 0 Å². The molecule has 1 aliphatic rings. The lowest BCUT2D eigenvalue weighted by atomic mass is 10.1. The Bertz CT molecular complexity index is 506. The van der Waals surface area contributed by atoms with Crippen LogP contribution in [0, 0.1) is 0 Å². The van der Waals surface area contributed by atoms with E-state index in [1.807, 2.05) is 42.5 Å². The van der Waals surface area contributed by atoms with E-state index in [2.05, 4.69) is 4.98 Å². The Labute approximate surface area is 106 Å². The third kappa shape index (κ3) is 2.51. The third-order valence-corrected chi connectivity index (χ3v) is 2.99. The SMILES string of the molecule is OC(c1ccc(OC2CC2)cc1)c1ccccn1. The van der Waals surface area contributed by atoms with Crippen LogP contribution in [0.3, 0.4) is 0 Å². The lowest BCUT2D eigenvalue weighted by molar-refractivity contribution is 0.215. The predicted octanol–water partition coefficient (Wildman–Crippen LogP) is 2.70. The zero-order chi connectivity index (χ0) is 12.4. The summed E-state index contributed by atoms with van der Waals surface area (Å²) in [7, 11) is 0. The van der Waals surface area contributed by atoms with E-state index in [9.17, 15) is 5.11 Å². The van der Waals surface area contributed by atoms with Crippen molar-refractivity contribution in [3.8, 4) is 5.75 Å². The standard InChI is InChI=1S/C15H15NO2/c17-15(14-3-1-2-10-16-14)11-4-6-12(7-5-11)18-13-8-9-13/h1-7,10,13,15,17H,8-9H2. The molecule has 0 bridgehead atoms. The van der Waals surface area contributed by atoms with Crippen molar-refractivity contribution < 1.29 is 9.84 Å². The van der Waals surface area contributed by atoms with E-state index in [1.54, 1.807) is 6.20 Å². The van der Waals surface area contributed by atoms with E-state index >= 15 is 0 Å². The predicted molar refractivity (Wildman–Crippen MR) is 68.4 cm³/mol. The molecule has 1 heterocycles. The summed E-state index contributed by atoms with van der Waals surface area (Å²) >= 11 is 0.